The fraction of sp³-hybridized carbons (Fsp3) is 0.306. The SMILES string of the molecule is C.C#CCC.CCc1cn(-c2cc(F)cc(C(=O)N3CCCCC3)c2)nn1.CCc1cn(-c2cc(F)cc(C(=O)O)c2)nn1.CCc1cn(-c2cc(F)cc(C(=O)OC)c2)nn1.COC(=O)c1cc(F)cc(N=[N+]=[N-])c1.COC(=O)c1cc(N)cc(F)c1.O=C(OCc1ccccc1)N1CCNCC1.[Na+].[OH-]. The second kappa shape index (κ2) is 47.8. The van der Waals surface area contributed by atoms with E-state index in [4.69, 9.17) is 27.5 Å². The van der Waals surface area contributed by atoms with Crippen LogP contribution in [0.5, 0.6) is 0 Å². The Balaban J connectivity index is 0.000000429. The largest absolute Gasteiger partial charge is 1.00 e. The molecule has 6 aromatic carbocycles. The Hall–Kier alpha value is -11.4. The predicted octanol–water partition coefficient (Wildman–Crippen LogP) is 9.49. The minimum absolute atomic E-state index is 0. The molecule has 0 radical (unpaired) electrons. The van der Waals surface area contributed by atoms with E-state index in [1.54, 1.807) is 34.5 Å². The summed E-state index contributed by atoms with van der Waals surface area (Å²) in [6, 6.07) is 28.3. The number of carboxylic acids is 1. The molecule has 5 N–H and O–H groups in total. The predicted molar refractivity (Wildman–Crippen MR) is 378 cm³/mol. The number of nitrogens with one attached hydrogen (secondary N) is 1. The molecule has 0 unspecified atom stereocenters. The van der Waals surface area contributed by atoms with E-state index in [1.807, 2.05) is 58.0 Å². The summed E-state index contributed by atoms with van der Waals surface area (Å²) >= 11 is 0. The van der Waals surface area contributed by atoms with Crippen molar-refractivity contribution in [1.29, 1.82) is 0 Å². The number of terminal acetylenes is 1. The van der Waals surface area contributed by atoms with Crippen LogP contribution in [-0.4, -0.2) is 162 Å². The number of nitrogen functional groups attached to an aromatic ring is 1. The molecule has 5 heterocycles. The molecule has 0 aliphatic carbocycles. The molecule has 2 aliphatic heterocycles. The molecule has 9 aromatic rings. The molecule has 106 heavy (non-hydrogen) atoms. The summed E-state index contributed by atoms with van der Waals surface area (Å²) in [5.74, 6) is -3.52. The van der Waals surface area contributed by atoms with Crippen molar-refractivity contribution in [2.24, 2.45) is 5.11 Å². The first kappa shape index (κ1) is 90.7. The number of rotatable bonds is 14. The van der Waals surface area contributed by atoms with Crippen LogP contribution >= 0.6 is 0 Å². The molecule has 34 heteroatoms. The van der Waals surface area contributed by atoms with Crippen molar-refractivity contribution in [1.82, 2.24) is 60.1 Å². The second-order valence-corrected chi connectivity index (χ2v) is 21.7. The molecule has 11 rings (SSSR count). The van der Waals surface area contributed by atoms with E-state index >= 15 is 0 Å². The van der Waals surface area contributed by atoms with E-state index in [9.17, 15) is 50.7 Å². The number of nitrogens with zero attached hydrogens (tertiary/aromatic N) is 14. The maximum Gasteiger partial charge on any atom is 1.00 e. The number of piperidine rings is 1. The Morgan fingerprint density at radius 1 is 0.575 bits per heavy atom. The van der Waals surface area contributed by atoms with Gasteiger partial charge in [-0.05, 0) is 141 Å². The van der Waals surface area contributed by atoms with E-state index in [2.05, 4.69) is 66.4 Å². The Kier molecular flexibility index (Phi) is 40.9. The molecule has 2 aliphatic rings. The zero-order valence-electron chi connectivity index (χ0n) is 59.0. The first-order chi connectivity index (χ1) is 49.5. The van der Waals surface area contributed by atoms with E-state index in [1.165, 1.54) is 83.9 Å². The van der Waals surface area contributed by atoms with Gasteiger partial charge in [0, 0.05) is 67.5 Å². The molecular weight excluding hydrogens is 1400 g/mol. The van der Waals surface area contributed by atoms with Gasteiger partial charge in [0.1, 0.15) is 35.7 Å². The topological polar surface area (TPSA) is 375 Å². The fourth-order valence-electron chi connectivity index (χ4n) is 9.07. The van der Waals surface area contributed by atoms with E-state index in [0.717, 1.165) is 137 Å². The van der Waals surface area contributed by atoms with Gasteiger partial charge in [-0.3, -0.25) is 4.79 Å². The summed E-state index contributed by atoms with van der Waals surface area (Å²) in [6.45, 7) is 12.8. The van der Waals surface area contributed by atoms with E-state index in [-0.39, 0.29) is 88.1 Å². The number of carbonyl (C=O) groups is 6. The van der Waals surface area contributed by atoms with E-state index < -0.39 is 53.0 Å². The van der Waals surface area contributed by atoms with Gasteiger partial charge in [0.05, 0.1) is 96.3 Å². The van der Waals surface area contributed by atoms with Crippen LogP contribution in [-0.2, 0) is 44.8 Å². The van der Waals surface area contributed by atoms with Gasteiger partial charge in [-0.25, -0.2) is 60.0 Å². The normalized spacial score (nSPS) is 11.4. The minimum atomic E-state index is -1.18. The molecule has 0 saturated carbocycles. The molecule has 558 valence electrons. The number of carbonyl (C=O) groups excluding carboxylic acids is 5. The standard InChI is InChI=1S/C16H19FN4O.C12H12FN3O2.C12H16N2O2.C11H10FN3O2.C8H6FN3O2.C8H8FNO2.C4H6.CH4.Na.H2O/c1-2-14-11-21(19-18-14)15-9-12(8-13(17)10-15)16(22)20-6-4-3-5-7-20;1-3-10-7-16(15-14-10)11-5-8(12(17)18-2)4-9(13)6-11;15-12(14-8-6-13-7-9-14)16-10-11-4-2-1-3-5-11;1-2-9-6-15(14-13-9)10-4-7(11(16)17)3-8(12)5-10;1-14-8(13)5-2-6(9)4-7(3-5)11-12-10;1-12-8(11)5-2-6(9)4-7(10)3-5;1-3-4-2;;;/h8-11H,2-7H2,1H3;4-7H,3H2,1-2H3;1-5,13H,6-10H2;3-6H,2H2,1H3,(H,16,17);2-4H,1H3;2-4H,10H2,1H3;1H,4H2,2H3;1H4;;1H2/q;;;;;;;;+1;/p-1. The van der Waals surface area contributed by atoms with Gasteiger partial charge in [-0.2, -0.15) is 0 Å². The number of aromatic carboxylic acids is 1. The fourth-order valence-corrected chi connectivity index (χ4v) is 9.07. The minimum Gasteiger partial charge on any atom is -0.870 e. The Bertz CT molecular complexity index is 4370. The van der Waals surface area contributed by atoms with Crippen molar-refractivity contribution in [3.8, 4) is 29.4 Å². The number of azide groups is 1. The Labute approximate surface area is 631 Å². The third-order valence-corrected chi connectivity index (χ3v) is 14.3. The average Bonchev–Trinajstić information content (AvgIpc) is 1.49. The summed E-state index contributed by atoms with van der Waals surface area (Å²) in [5, 5.41) is 38.6. The Morgan fingerprint density at radius 3 is 1.38 bits per heavy atom. The number of amides is 2. The smallest absolute Gasteiger partial charge is 0.870 e. The number of hydrogen-bond acceptors (Lipinski definition) is 20. The number of piperazine rings is 1. The van der Waals surface area contributed by atoms with Crippen molar-refractivity contribution in [3.05, 3.63) is 230 Å². The number of esters is 3. The third kappa shape index (κ3) is 30.1. The zero-order chi connectivity index (χ0) is 75.4. The molecular formula is C72H82F5N16NaO12. The number of halogens is 5. The van der Waals surface area contributed by atoms with Crippen molar-refractivity contribution >= 4 is 47.3 Å². The van der Waals surface area contributed by atoms with Gasteiger partial charge >= 0.3 is 59.5 Å². The second-order valence-electron chi connectivity index (χ2n) is 21.7. The summed E-state index contributed by atoms with van der Waals surface area (Å²) in [6.07, 6.45) is 15.9. The van der Waals surface area contributed by atoms with Gasteiger partial charge in [0.2, 0.25) is 0 Å². The molecule has 0 bridgehead atoms. The monoisotopic (exact) mass is 1480 g/mol. The molecule has 2 amide bonds. The third-order valence-electron chi connectivity index (χ3n) is 14.3. The number of anilines is 1. The van der Waals surface area contributed by atoms with Crippen LogP contribution in [0.3, 0.4) is 0 Å². The summed E-state index contributed by atoms with van der Waals surface area (Å²) in [7, 11) is 3.65. The van der Waals surface area contributed by atoms with Crippen molar-refractivity contribution < 1.29 is 110 Å². The average molecular weight is 1480 g/mol. The van der Waals surface area contributed by atoms with Crippen LogP contribution in [0.1, 0.15) is 135 Å². The Morgan fingerprint density at radius 2 is 0.972 bits per heavy atom. The number of aromatic nitrogens is 9. The zero-order valence-corrected chi connectivity index (χ0v) is 61.0. The molecule has 2 saturated heterocycles. The first-order valence-electron chi connectivity index (χ1n) is 31.9. The van der Waals surface area contributed by atoms with Gasteiger partial charge in [0.25, 0.3) is 5.91 Å². The van der Waals surface area contributed by atoms with Crippen molar-refractivity contribution in [2.75, 3.05) is 66.3 Å². The molecule has 0 spiro atoms. The number of ether oxygens (including phenoxy) is 4. The number of hydrogen-bond donors (Lipinski definition) is 3. The number of methoxy groups -OCH3 is 3. The van der Waals surface area contributed by atoms with Crippen LogP contribution in [0.25, 0.3) is 27.5 Å². The summed E-state index contributed by atoms with van der Waals surface area (Å²) in [4.78, 5) is 74.2. The number of benzene rings is 6. The maximum atomic E-state index is 13.9. The summed E-state index contributed by atoms with van der Waals surface area (Å²) in [5.41, 5.74) is 18.9. The quantitative estimate of drug-likeness (QED) is 0.0105. The molecule has 2 fully saturated rings. The maximum absolute atomic E-state index is 13.9. The van der Waals surface area contributed by atoms with Crippen molar-refractivity contribution in [3.63, 3.8) is 0 Å². The number of likely N-dealkylation sites (tertiary alicyclic amines) is 1. The number of aryl methyl sites for hydroxylation is 3. The van der Waals surface area contributed by atoms with Crippen LogP contribution in [0.15, 0.2) is 145 Å². The number of nitrogens with two attached hydrogens (primary N) is 1. The van der Waals surface area contributed by atoms with Crippen LogP contribution in [0.4, 0.5) is 38.1 Å². The van der Waals surface area contributed by atoms with Crippen LogP contribution in [0, 0.1) is 41.4 Å². The van der Waals surface area contributed by atoms with Gasteiger partial charge in [-0.15, -0.1) is 27.6 Å². The van der Waals surface area contributed by atoms with E-state index in [0.29, 0.717) is 35.7 Å². The van der Waals surface area contributed by atoms with Gasteiger partial charge < -0.3 is 50.4 Å². The first-order valence-corrected chi connectivity index (χ1v) is 31.9. The van der Waals surface area contributed by atoms with Crippen molar-refractivity contribution in [2.45, 2.75) is 86.7 Å². The number of carboxylic acid groups (broad SMARTS) is 1. The van der Waals surface area contributed by atoms with Gasteiger partial charge in [-0.1, -0.05) is 86.2 Å². The van der Waals surface area contributed by atoms with Gasteiger partial charge in [0.15, 0.2) is 0 Å². The molecule has 3 aromatic heterocycles. The molecule has 28 nitrogen and oxygen atoms in total. The van der Waals surface area contributed by atoms with Crippen LogP contribution in [0.2, 0.25) is 0 Å². The van der Waals surface area contributed by atoms with Crippen LogP contribution < -0.4 is 40.6 Å². The molecule has 0 atom stereocenters. The summed E-state index contributed by atoms with van der Waals surface area (Å²) < 4.78 is 88.9.